The molecule has 10 heteroatoms. The molecule has 0 aliphatic rings. The van der Waals surface area contributed by atoms with E-state index in [0.29, 0.717) is 16.9 Å². The molecule has 352 valence electrons. The van der Waals surface area contributed by atoms with Crippen molar-refractivity contribution in [3.05, 3.63) is 180 Å². The molecule has 0 aliphatic heterocycles. The quantitative estimate of drug-likeness (QED) is 0.134. The Morgan fingerprint density at radius 2 is 0.971 bits per heavy atom. The Morgan fingerprint density at radius 1 is 0.486 bits per heavy atom. The predicted molar refractivity (Wildman–Crippen MR) is 291 cm³/mol. The Kier molecular flexibility index (Phi) is 11.3. The first kappa shape index (κ1) is 45.3. The van der Waals surface area contributed by atoms with Gasteiger partial charge < -0.3 is 26.9 Å². The maximum Gasteiger partial charge on any atom is 0.453 e. The Balaban J connectivity index is 1.16. The van der Waals surface area contributed by atoms with Gasteiger partial charge in [-0.15, -0.1) is 0 Å². The minimum Gasteiger partial charge on any atom is -0.497 e. The largest absolute Gasteiger partial charge is 0.497 e. The summed E-state index contributed by atoms with van der Waals surface area (Å²) in [6.07, 6.45) is 4.47. The predicted octanol–water partition coefficient (Wildman–Crippen LogP) is 17.9. The minimum absolute atomic E-state index is 0.326. The van der Waals surface area contributed by atoms with E-state index in [1.807, 2.05) is 12.1 Å². The lowest BCUT2D eigenvalue weighted by Gasteiger charge is -2.25. The topological polar surface area (TPSA) is 73.1 Å². The number of methoxy groups -OCH3 is 2. The van der Waals surface area contributed by atoms with Gasteiger partial charge in [0.15, 0.2) is 0 Å². The number of para-hydroxylation sites is 2. The van der Waals surface area contributed by atoms with Crippen molar-refractivity contribution in [1.29, 1.82) is 0 Å². The molecule has 0 atom stereocenters. The molecule has 0 unspecified atom stereocenters. The van der Waals surface area contributed by atoms with Gasteiger partial charge in [-0.1, -0.05) is 133 Å². The van der Waals surface area contributed by atoms with Gasteiger partial charge in [-0.25, -0.2) is 0 Å². The van der Waals surface area contributed by atoms with E-state index < -0.39 is 16.7 Å². The summed E-state index contributed by atoms with van der Waals surface area (Å²) in [5.74, 6) is 2.80. The summed E-state index contributed by atoms with van der Waals surface area (Å²) in [7, 11) is -0.257. The number of hydrogen-bond donors (Lipinski definition) is 0. The molecule has 0 radical (unpaired) electrons. The molecule has 0 spiro atoms. The third-order valence-corrected chi connectivity index (χ3v) is 16.1. The number of aromatic nitrogens is 2. The average molecular weight is 963 g/mol. The van der Waals surface area contributed by atoms with Gasteiger partial charge in [-0.05, 0) is 118 Å². The second-order valence-electron chi connectivity index (χ2n) is 20.1. The number of benzene rings is 8. The molecule has 0 aliphatic carbocycles. The van der Waals surface area contributed by atoms with Crippen LogP contribution in [0, 0.1) is 13.8 Å². The Bertz CT molecular complexity index is 3720. The molecule has 0 amide bonds. The van der Waals surface area contributed by atoms with Crippen LogP contribution in [0.5, 0.6) is 23.0 Å². The molecule has 0 N–H and O–H groups in total. The van der Waals surface area contributed by atoms with E-state index in [1.54, 1.807) is 14.2 Å². The SMILES string of the molecule is COc1cc(C(C)(C)C)c2op(Oc3cc(-c4c(OP(n5cc(C)c6ccccc65)n5cc(C)c6ccccc65)ccc5ccccc45)c4ccccc4c3)oc3c(C(C)(C)C)cc(OC)cc3c2c1. The summed E-state index contributed by atoms with van der Waals surface area (Å²) in [6.45, 7) is 17.4. The molecule has 0 bridgehead atoms. The van der Waals surface area contributed by atoms with Crippen molar-refractivity contribution >= 4 is 82.0 Å². The molecular formula is C60H56N2O6P2. The number of rotatable bonds is 9. The molecule has 3 aromatic heterocycles. The standard InChI is InChI=1S/C60H56N2O6P2/c1-37-35-61(53-25-17-15-21-44(37)53)69(62-36-38(2)45-22-16-18-26-54(45)62)66-55-28-27-39-19-11-14-24-47(39)56(55)48-32-43(29-40-20-12-13-23-46(40)48)65-70-67-57-49(30-41(63-9)33-51(57)59(3,4)5)50-31-42(64-10)34-52(58(50)68-70)60(6,7)8/h11-36H,1-10H3. The van der Waals surface area contributed by atoms with Gasteiger partial charge >= 0.3 is 16.7 Å². The zero-order valence-corrected chi connectivity index (χ0v) is 43.0. The van der Waals surface area contributed by atoms with E-state index in [2.05, 4.69) is 210 Å². The molecule has 0 fully saturated rings. The Morgan fingerprint density at radius 3 is 1.50 bits per heavy atom. The first-order chi connectivity index (χ1) is 33.7. The molecule has 11 rings (SSSR count). The summed E-state index contributed by atoms with van der Waals surface area (Å²) in [5, 5.41) is 8.29. The van der Waals surface area contributed by atoms with E-state index >= 15 is 0 Å². The van der Waals surface area contributed by atoms with E-state index in [0.717, 1.165) is 82.9 Å². The molecule has 11 aromatic rings. The smallest absolute Gasteiger partial charge is 0.453 e. The third-order valence-electron chi connectivity index (χ3n) is 13.3. The summed E-state index contributed by atoms with van der Waals surface area (Å²) >= 11 is 0. The van der Waals surface area contributed by atoms with Crippen LogP contribution in [0.1, 0.15) is 63.8 Å². The fourth-order valence-electron chi connectivity index (χ4n) is 9.81. The number of nitrogens with zero attached hydrogens (tertiary/aromatic N) is 2. The summed E-state index contributed by atoms with van der Waals surface area (Å²) in [4.78, 5) is 0. The van der Waals surface area contributed by atoms with Gasteiger partial charge in [0.2, 0.25) is 0 Å². The number of ether oxygens (including phenoxy) is 2. The van der Waals surface area contributed by atoms with Gasteiger partial charge in [-0.3, -0.25) is 8.68 Å². The molecule has 0 saturated carbocycles. The minimum atomic E-state index is -2.10. The first-order valence-corrected chi connectivity index (χ1v) is 25.9. The van der Waals surface area contributed by atoms with E-state index in [-0.39, 0.29) is 10.8 Å². The highest BCUT2D eigenvalue weighted by molar-refractivity contribution is 7.50. The van der Waals surface area contributed by atoms with E-state index in [9.17, 15) is 0 Å². The van der Waals surface area contributed by atoms with Crippen LogP contribution in [0.15, 0.2) is 166 Å². The Hall–Kier alpha value is -7.11. The van der Waals surface area contributed by atoms with Crippen LogP contribution in [0.2, 0.25) is 0 Å². The van der Waals surface area contributed by atoms with Gasteiger partial charge in [-0.2, -0.15) is 0 Å². The van der Waals surface area contributed by atoms with Crippen LogP contribution < -0.4 is 18.5 Å². The van der Waals surface area contributed by atoms with Crippen LogP contribution in [0.4, 0.5) is 0 Å². The van der Waals surface area contributed by atoms with Crippen molar-refractivity contribution < 1.29 is 26.9 Å². The van der Waals surface area contributed by atoms with Crippen molar-refractivity contribution in [2.45, 2.75) is 66.2 Å². The highest BCUT2D eigenvalue weighted by Gasteiger charge is 2.29. The second-order valence-corrected chi connectivity index (χ2v) is 22.7. The van der Waals surface area contributed by atoms with E-state index in [4.69, 9.17) is 26.9 Å². The van der Waals surface area contributed by atoms with Crippen LogP contribution >= 0.6 is 16.7 Å². The summed E-state index contributed by atoms with van der Waals surface area (Å²) < 4.78 is 45.6. The zero-order chi connectivity index (χ0) is 48.6. The lowest BCUT2D eigenvalue weighted by Crippen LogP contribution is -2.12. The Labute approximate surface area is 410 Å². The van der Waals surface area contributed by atoms with Crippen LogP contribution in [0.25, 0.3) is 76.4 Å². The average Bonchev–Trinajstić information content (AvgIpc) is 3.81. The van der Waals surface area contributed by atoms with Crippen molar-refractivity contribution in [1.82, 2.24) is 8.68 Å². The maximum absolute atomic E-state index is 7.67. The van der Waals surface area contributed by atoms with Crippen molar-refractivity contribution in [3.8, 4) is 34.1 Å². The maximum atomic E-state index is 7.67. The van der Waals surface area contributed by atoms with Gasteiger partial charge in [0.1, 0.15) is 34.2 Å². The number of aryl methyl sites for hydroxylation is 2. The highest BCUT2D eigenvalue weighted by atomic mass is 31.2. The van der Waals surface area contributed by atoms with Crippen LogP contribution in [-0.4, -0.2) is 22.9 Å². The van der Waals surface area contributed by atoms with E-state index in [1.165, 1.54) is 21.9 Å². The van der Waals surface area contributed by atoms with Gasteiger partial charge in [0.25, 0.3) is 0 Å². The molecule has 8 nitrogen and oxygen atoms in total. The number of fused-ring (bicyclic) bond motifs is 7. The normalized spacial score (nSPS) is 12.3. The molecule has 70 heavy (non-hydrogen) atoms. The second kappa shape index (κ2) is 17.4. The van der Waals surface area contributed by atoms with Crippen LogP contribution in [-0.2, 0) is 10.8 Å². The summed E-state index contributed by atoms with van der Waals surface area (Å²) in [5.41, 5.74) is 9.18. The molecule has 8 aromatic carbocycles. The molecule has 0 saturated heterocycles. The lowest BCUT2D eigenvalue weighted by molar-refractivity contribution is 0.413. The van der Waals surface area contributed by atoms with Gasteiger partial charge in [0.05, 0.1) is 25.3 Å². The third kappa shape index (κ3) is 7.94. The van der Waals surface area contributed by atoms with Crippen molar-refractivity contribution in [3.63, 3.8) is 0 Å². The van der Waals surface area contributed by atoms with Crippen LogP contribution in [0.3, 0.4) is 0 Å². The van der Waals surface area contributed by atoms with Crippen molar-refractivity contribution in [2.24, 2.45) is 0 Å². The fourth-order valence-corrected chi connectivity index (χ4v) is 12.9. The van der Waals surface area contributed by atoms with Gasteiger partial charge in [0, 0.05) is 50.6 Å². The lowest BCUT2D eigenvalue weighted by atomic mass is 9.84. The molecule has 3 heterocycles. The fraction of sp³-hybridized carbons (Fsp3) is 0.200. The highest BCUT2D eigenvalue weighted by Crippen LogP contribution is 2.53. The monoisotopic (exact) mass is 962 g/mol. The first-order valence-electron chi connectivity index (χ1n) is 23.6. The molecular weight excluding hydrogens is 907 g/mol. The zero-order valence-electron chi connectivity index (χ0n) is 41.2. The summed E-state index contributed by atoms with van der Waals surface area (Å²) in [6, 6.07) is 50.8. The number of hydrogen-bond acceptors (Lipinski definition) is 6. The van der Waals surface area contributed by atoms with Crippen molar-refractivity contribution in [2.75, 3.05) is 14.2 Å².